The predicted octanol–water partition coefficient (Wildman–Crippen LogP) is 2.57. The van der Waals surface area contributed by atoms with E-state index in [-0.39, 0.29) is 5.97 Å². The van der Waals surface area contributed by atoms with Gasteiger partial charge in [0.05, 0.1) is 12.2 Å². The third kappa shape index (κ3) is 2.03. The van der Waals surface area contributed by atoms with Gasteiger partial charge in [0.15, 0.2) is 5.82 Å². The molecule has 0 atom stereocenters. The van der Waals surface area contributed by atoms with E-state index in [1.807, 2.05) is 31.4 Å². The molecule has 0 aliphatic carbocycles. The van der Waals surface area contributed by atoms with Gasteiger partial charge in [0.25, 0.3) is 0 Å². The summed E-state index contributed by atoms with van der Waals surface area (Å²) >= 11 is 0. The molecule has 2 aromatic heterocycles. The molecule has 0 fully saturated rings. The summed E-state index contributed by atoms with van der Waals surface area (Å²) in [4.78, 5) is 11.8. The summed E-state index contributed by atoms with van der Waals surface area (Å²) in [5.41, 5.74) is 2.29. The number of ether oxygens (including phenoxy) is 1. The molecule has 0 saturated heterocycles. The van der Waals surface area contributed by atoms with Gasteiger partial charge in [-0.2, -0.15) is 0 Å². The standard InChI is InChI=1S/C13H16N2O3/c1-5-17-13(16)11-6-8(2)15(10(11)4)12-7-9(3)18-14-12/h6-7H,5H2,1-4H3. The Morgan fingerprint density at radius 1 is 1.39 bits per heavy atom. The van der Waals surface area contributed by atoms with E-state index in [0.29, 0.717) is 18.0 Å². The van der Waals surface area contributed by atoms with E-state index in [9.17, 15) is 4.79 Å². The van der Waals surface area contributed by atoms with Gasteiger partial charge in [0, 0.05) is 17.5 Å². The van der Waals surface area contributed by atoms with Crippen molar-refractivity contribution in [1.82, 2.24) is 9.72 Å². The third-order valence-corrected chi connectivity index (χ3v) is 2.77. The Hall–Kier alpha value is -2.04. The Morgan fingerprint density at radius 2 is 2.11 bits per heavy atom. The molecule has 2 aromatic rings. The highest BCUT2D eigenvalue weighted by molar-refractivity contribution is 5.91. The number of rotatable bonds is 3. The lowest BCUT2D eigenvalue weighted by Crippen LogP contribution is -2.07. The Balaban J connectivity index is 2.47. The highest BCUT2D eigenvalue weighted by atomic mass is 16.5. The van der Waals surface area contributed by atoms with Crippen molar-refractivity contribution in [1.29, 1.82) is 0 Å². The van der Waals surface area contributed by atoms with Crippen molar-refractivity contribution < 1.29 is 14.1 Å². The molecule has 0 unspecified atom stereocenters. The molecule has 2 rings (SSSR count). The topological polar surface area (TPSA) is 57.3 Å². The Kier molecular flexibility index (Phi) is 3.23. The first-order chi connectivity index (χ1) is 8.54. The molecule has 18 heavy (non-hydrogen) atoms. The van der Waals surface area contributed by atoms with Crippen molar-refractivity contribution >= 4 is 5.97 Å². The van der Waals surface area contributed by atoms with E-state index >= 15 is 0 Å². The summed E-state index contributed by atoms with van der Waals surface area (Å²) in [6.45, 7) is 7.77. The molecule has 0 aliphatic heterocycles. The number of hydrogen-bond acceptors (Lipinski definition) is 4. The SMILES string of the molecule is CCOC(=O)c1cc(C)n(-c2cc(C)on2)c1C. The van der Waals surface area contributed by atoms with E-state index < -0.39 is 0 Å². The van der Waals surface area contributed by atoms with Crippen molar-refractivity contribution in [3.63, 3.8) is 0 Å². The van der Waals surface area contributed by atoms with Crippen LogP contribution in [0.3, 0.4) is 0 Å². The van der Waals surface area contributed by atoms with Gasteiger partial charge in [-0.1, -0.05) is 5.16 Å². The summed E-state index contributed by atoms with van der Waals surface area (Å²) in [7, 11) is 0. The molecular weight excluding hydrogens is 232 g/mol. The van der Waals surface area contributed by atoms with Crippen LogP contribution >= 0.6 is 0 Å². The zero-order valence-electron chi connectivity index (χ0n) is 11.0. The molecule has 0 amide bonds. The zero-order chi connectivity index (χ0) is 13.3. The molecular formula is C13H16N2O3. The van der Waals surface area contributed by atoms with Crippen LogP contribution in [0.4, 0.5) is 0 Å². The monoisotopic (exact) mass is 248 g/mol. The number of aromatic nitrogens is 2. The average molecular weight is 248 g/mol. The largest absolute Gasteiger partial charge is 0.462 e. The summed E-state index contributed by atoms with van der Waals surface area (Å²) in [5, 5.41) is 3.96. The molecule has 0 N–H and O–H groups in total. The summed E-state index contributed by atoms with van der Waals surface area (Å²) in [6, 6.07) is 3.63. The van der Waals surface area contributed by atoms with E-state index in [0.717, 1.165) is 17.1 Å². The molecule has 0 spiro atoms. The van der Waals surface area contributed by atoms with Crippen molar-refractivity contribution in [2.24, 2.45) is 0 Å². The minimum Gasteiger partial charge on any atom is -0.462 e. The van der Waals surface area contributed by atoms with E-state index in [2.05, 4.69) is 5.16 Å². The number of carbonyl (C=O) groups excluding carboxylic acids is 1. The van der Waals surface area contributed by atoms with Gasteiger partial charge in [-0.05, 0) is 33.8 Å². The van der Waals surface area contributed by atoms with Crippen LogP contribution in [0.25, 0.3) is 5.82 Å². The molecule has 0 aromatic carbocycles. The maximum atomic E-state index is 11.8. The predicted molar refractivity (Wildman–Crippen MR) is 66.0 cm³/mol. The molecule has 0 radical (unpaired) electrons. The fourth-order valence-electron chi connectivity index (χ4n) is 1.99. The Bertz CT molecular complexity index is 581. The molecule has 0 aliphatic rings. The van der Waals surface area contributed by atoms with Crippen LogP contribution in [0.5, 0.6) is 0 Å². The van der Waals surface area contributed by atoms with Gasteiger partial charge in [-0.3, -0.25) is 4.57 Å². The number of nitrogens with zero attached hydrogens (tertiary/aromatic N) is 2. The molecule has 5 heteroatoms. The molecule has 5 nitrogen and oxygen atoms in total. The molecule has 0 saturated carbocycles. The van der Waals surface area contributed by atoms with Gasteiger partial charge in [0.1, 0.15) is 5.76 Å². The average Bonchev–Trinajstić information content (AvgIpc) is 2.83. The fraction of sp³-hybridized carbons (Fsp3) is 0.385. The maximum absolute atomic E-state index is 11.8. The lowest BCUT2D eigenvalue weighted by molar-refractivity contribution is 0.0525. The Labute approximate surface area is 105 Å². The second-order valence-corrected chi connectivity index (χ2v) is 4.14. The van der Waals surface area contributed by atoms with E-state index in [4.69, 9.17) is 9.26 Å². The Morgan fingerprint density at radius 3 is 2.67 bits per heavy atom. The van der Waals surface area contributed by atoms with Crippen LogP contribution in [-0.2, 0) is 4.74 Å². The minimum absolute atomic E-state index is 0.308. The first-order valence-corrected chi connectivity index (χ1v) is 5.84. The molecule has 96 valence electrons. The lowest BCUT2D eigenvalue weighted by atomic mass is 10.2. The highest BCUT2D eigenvalue weighted by Crippen LogP contribution is 2.21. The normalized spacial score (nSPS) is 10.7. The quantitative estimate of drug-likeness (QED) is 0.783. The second-order valence-electron chi connectivity index (χ2n) is 4.14. The van der Waals surface area contributed by atoms with Crippen LogP contribution < -0.4 is 0 Å². The maximum Gasteiger partial charge on any atom is 0.339 e. The molecule has 0 bridgehead atoms. The smallest absolute Gasteiger partial charge is 0.339 e. The van der Waals surface area contributed by atoms with Gasteiger partial charge >= 0.3 is 5.97 Å². The number of hydrogen-bond donors (Lipinski definition) is 0. The molecule has 2 heterocycles. The summed E-state index contributed by atoms with van der Waals surface area (Å²) < 4.78 is 12.0. The second kappa shape index (κ2) is 4.68. The van der Waals surface area contributed by atoms with Gasteiger partial charge in [0.2, 0.25) is 0 Å². The third-order valence-electron chi connectivity index (χ3n) is 2.77. The van der Waals surface area contributed by atoms with Crippen molar-refractivity contribution in [2.45, 2.75) is 27.7 Å². The zero-order valence-corrected chi connectivity index (χ0v) is 11.0. The van der Waals surface area contributed by atoms with Crippen molar-refractivity contribution in [3.05, 3.63) is 34.8 Å². The summed E-state index contributed by atoms with van der Waals surface area (Å²) in [6.07, 6.45) is 0. The fourth-order valence-corrected chi connectivity index (χ4v) is 1.99. The van der Waals surface area contributed by atoms with Crippen molar-refractivity contribution in [2.75, 3.05) is 6.61 Å². The van der Waals surface area contributed by atoms with Crippen LogP contribution in [0.2, 0.25) is 0 Å². The highest BCUT2D eigenvalue weighted by Gasteiger charge is 2.18. The first-order valence-electron chi connectivity index (χ1n) is 5.84. The van der Waals surface area contributed by atoms with Gasteiger partial charge in [-0.15, -0.1) is 0 Å². The minimum atomic E-state index is -0.308. The van der Waals surface area contributed by atoms with Crippen LogP contribution in [0.15, 0.2) is 16.7 Å². The van der Waals surface area contributed by atoms with E-state index in [1.165, 1.54) is 0 Å². The summed E-state index contributed by atoms with van der Waals surface area (Å²) in [5.74, 6) is 1.10. The lowest BCUT2D eigenvalue weighted by Gasteiger charge is -2.05. The van der Waals surface area contributed by atoms with Gasteiger partial charge < -0.3 is 9.26 Å². The number of carbonyl (C=O) groups is 1. The number of esters is 1. The number of aryl methyl sites for hydroxylation is 2. The van der Waals surface area contributed by atoms with Crippen LogP contribution in [0.1, 0.15) is 34.4 Å². The van der Waals surface area contributed by atoms with Crippen molar-refractivity contribution in [3.8, 4) is 5.82 Å². The van der Waals surface area contributed by atoms with Crippen LogP contribution in [-0.4, -0.2) is 22.3 Å². The van der Waals surface area contributed by atoms with E-state index in [1.54, 1.807) is 13.0 Å². The van der Waals surface area contributed by atoms with Crippen LogP contribution in [0, 0.1) is 20.8 Å². The first kappa shape index (κ1) is 12.4. The van der Waals surface area contributed by atoms with Gasteiger partial charge in [-0.25, -0.2) is 4.79 Å².